The fourth-order valence-electron chi connectivity index (χ4n) is 3.71. The van der Waals surface area contributed by atoms with Crippen LogP contribution >= 0.6 is 0 Å². The molecule has 0 atom stereocenters. The van der Waals surface area contributed by atoms with E-state index in [1.807, 2.05) is 24.6 Å². The van der Waals surface area contributed by atoms with Crippen molar-refractivity contribution in [1.82, 2.24) is 9.78 Å². The van der Waals surface area contributed by atoms with Gasteiger partial charge < -0.3 is 14.5 Å². The van der Waals surface area contributed by atoms with Gasteiger partial charge in [-0.15, -0.1) is 0 Å². The first-order valence-corrected chi connectivity index (χ1v) is 11.0. The second-order valence-corrected chi connectivity index (χ2v) is 8.28. The predicted molar refractivity (Wildman–Crippen MR) is 129 cm³/mol. The molecule has 0 aliphatic heterocycles. The first-order chi connectivity index (χ1) is 16.3. The molecule has 7 heteroatoms. The van der Waals surface area contributed by atoms with Crippen LogP contribution in [-0.2, 0) is 13.2 Å². The number of hydrogen-bond acceptors (Lipinski definition) is 5. The molecule has 174 valence electrons. The number of nitrogens with one attached hydrogen (secondary N) is 1. The number of ether oxygens (including phenoxy) is 1. The van der Waals surface area contributed by atoms with Crippen molar-refractivity contribution in [1.29, 1.82) is 0 Å². The molecule has 0 unspecified atom stereocenters. The normalized spacial score (nSPS) is 10.8. The first-order valence-electron chi connectivity index (χ1n) is 11.0. The molecule has 2 aromatic carbocycles. The van der Waals surface area contributed by atoms with Gasteiger partial charge in [-0.1, -0.05) is 29.8 Å². The maximum Gasteiger partial charge on any atom is 0.291 e. The van der Waals surface area contributed by atoms with Crippen LogP contribution in [0.1, 0.15) is 56.1 Å². The Morgan fingerprint density at radius 1 is 1.03 bits per heavy atom. The van der Waals surface area contributed by atoms with Crippen LogP contribution in [0.15, 0.2) is 65.1 Å². The number of rotatable bonds is 8. The average molecular weight is 458 g/mol. The number of aryl methyl sites for hydroxylation is 2. The third-order valence-corrected chi connectivity index (χ3v) is 5.56. The lowest BCUT2D eigenvalue weighted by Crippen LogP contribution is -2.12. The molecule has 0 bridgehead atoms. The van der Waals surface area contributed by atoms with E-state index < -0.39 is 0 Å². The Morgan fingerprint density at radius 2 is 1.79 bits per heavy atom. The van der Waals surface area contributed by atoms with Crippen LogP contribution in [0.4, 0.5) is 5.69 Å². The van der Waals surface area contributed by atoms with Crippen molar-refractivity contribution in [3.63, 3.8) is 0 Å². The van der Waals surface area contributed by atoms with Gasteiger partial charge in [-0.25, -0.2) is 0 Å². The lowest BCUT2D eigenvalue weighted by molar-refractivity contribution is 0.0990. The minimum absolute atomic E-state index is 0.000539. The van der Waals surface area contributed by atoms with E-state index in [9.17, 15) is 9.59 Å². The summed E-state index contributed by atoms with van der Waals surface area (Å²) in [5, 5.41) is 7.52. The quantitative estimate of drug-likeness (QED) is 0.354. The van der Waals surface area contributed by atoms with Crippen molar-refractivity contribution < 1.29 is 18.7 Å². The molecule has 0 aliphatic rings. The number of anilines is 1. The van der Waals surface area contributed by atoms with Gasteiger partial charge in [0.05, 0.1) is 23.6 Å². The minimum atomic E-state index is -0.349. The lowest BCUT2D eigenvalue weighted by atomic mass is 10.1. The van der Waals surface area contributed by atoms with Crippen LogP contribution in [0.3, 0.4) is 0 Å². The largest absolute Gasteiger partial charge is 0.486 e. The summed E-state index contributed by atoms with van der Waals surface area (Å²) in [6, 6.07) is 18.5. The van der Waals surface area contributed by atoms with Crippen LogP contribution < -0.4 is 10.1 Å². The molecule has 0 saturated heterocycles. The zero-order valence-corrected chi connectivity index (χ0v) is 19.7. The molecule has 0 fully saturated rings. The number of ketones is 1. The Hall–Kier alpha value is -4.13. The van der Waals surface area contributed by atoms with Crippen molar-refractivity contribution in [3.05, 3.63) is 100 Å². The second-order valence-electron chi connectivity index (χ2n) is 8.28. The Morgan fingerprint density at radius 3 is 2.50 bits per heavy atom. The second kappa shape index (κ2) is 9.79. The van der Waals surface area contributed by atoms with Crippen LogP contribution in [0.5, 0.6) is 5.75 Å². The number of amides is 1. The molecule has 4 aromatic rings. The molecule has 4 rings (SSSR count). The fraction of sp³-hybridized carbons (Fsp3) is 0.222. The topological polar surface area (TPSA) is 86.4 Å². The number of aromatic nitrogens is 2. The summed E-state index contributed by atoms with van der Waals surface area (Å²) in [6.07, 6.45) is 0. The Kier molecular flexibility index (Phi) is 6.63. The molecule has 2 aromatic heterocycles. The smallest absolute Gasteiger partial charge is 0.291 e. The van der Waals surface area contributed by atoms with E-state index in [1.54, 1.807) is 36.4 Å². The highest BCUT2D eigenvalue weighted by molar-refractivity contribution is 6.03. The summed E-state index contributed by atoms with van der Waals surface area (Å²) in [7, 11) is 0. The molecule has 7 nitrogen and oxygen atoms in total. The molecule has 1 N–H and O–H groups in total. The van der Waals surface area contributed by atoms with Crippen molar-refractivity contribution in [3.8, 4) is 5.75 Å². The van der Waals surface area contributed by atoms with Gasteiger partial charge in [0.2, 0.25) is 0 Å². The minimum Gasteiger partial charge on any atom is -0.486 e. The maximum atomic E-state index is 12.8. The summed E-state index contributed by atoms with van der Waals surface area (Å²) in [6.45, 7) is 8.17. The standard InChI is InChI=1S/C27H27N3O4/c1-17-6-5-7-21(14-17)15-30-19(3)26(18(2)29-30)28-27(32)25-13-12-24(34-25)16-33-23-10-8-22(9-11-23)20(4)31/h5-14H,15-16H2,1-4H3,(H,28,32). The number of furan rings is 1. The Balaban J connectivity index is 1.39. The molecule has 0 saturated carbocycles. The van der Waals surface area contributed by atoms with E-state index in [1.165, 1.54) is 12.5 Å². The summed E-state index contributed by atoms with van der Waals surface area (Å²) in [5.74, 6) is 0.970. The van der Waals surface area contributed by atoms with Gasteiger partial charge in [-0.2, -0.15) is 5.10 Å². The molecule has 1 amide bonds. The highest BCUT2D eigenvalue weighted by Crippen LogP contribution is 2.22. The molecule has 0 aliphatic carbocycles. The van der Waals surface area contributed by atoms with Crippen LogP contribution in [0, 0.1) is 20.8 Å². The third kappa shape index (κ3) is 5.26. The fourth-order valence-corrected chi connectivity index (χ4v) is 3.71. The summed E-state index contributed by atoms with van der Waals surface area (Å²) in [5.41, 5.74) is 5.25. The van der Waals surface area contributed by atoms with E-state index in [-0.39, 0.29) is 24.1 Å². The van der Waals surface area contributed by atoms with Gasteiger partial charge in [0.25, 0.3) is 5.91 Å². The molecular weight excluding hydrogens is 430 g/mol. The number of nitrogens with zero attached hydrogens (tertiary/aromatic N) is 2. The van der Waals surface area contributed by atoms with Crippen molar-refractivity contribution >= 4 is 17.4 Å². The molecule has 34 heavy (non-hydrogen) atoms. The van der Waals surface area contributed by atoms with Gasteiger partial charge >= 0.3 is 0 Å². The van der Waals surface area contributed by atoms with Crippen LogP contribution in [0.25, 0.3) is 0 Å². The van der Waals surface area contributed by atoms with E-state index in [0.29, 0.717) is 29.3 Å². The molecule has 0 spiro atoms. The Labute approximate surface area is 198 Å². The number of Topliss-reactive ketones (excluding diaryl/α,β-unsaturated/α-hetero) is 1. The highest BCUT2D eigenvalue weighted by Gasteiger charge is 2.18. The maximum absolute atomic E-state index is 12.8. The zero-order chi connectivity index (χ0) is 24.2. The third-order valence-electron chi connectivity index (χ3n) is 5.56. The highest BCUT2D eigenvalue weighted by atomic mass is 16.5. The van der Waals surface area contributed by atoms with Crippen LogP contribution in [-0.4, -0.2) is 21.5 Å². The summed E-state index contributed by atoms with van der Waals surface area (Å²) >= 11 is 0. The SMILES string of the molecule is CC(=O)c1ccc(OCc2ccc(C(=O)Nc3c(C)nn(Cc4cccc(C)c4)c3C)o2)cc1. The molecule has 2 heterocycles. The van der Waals surface area contributed by atoms with E-state index >= 15 is 0 Å². The average Bonchev–Trinajstić information content (AvgIpc) is 3.38. The first kappa shape index (κ1) is 23.0. The summed E-state index contributed by atoms with van der Waals surface area (Å²) < 4.78 is 13.3. The van der Waals surface area contributed by atoms with Crippen LogP contribution in [0.2, 0.25) is 0 Å². The molecular formula is C27H27N3O4. The number of hydrogen-bond donors (Lipinski definition) is 1. The van der Waals surface area contributed by atoms with E-state index in [0.717, 1.165) is 17.0 Å². The van der Waals surface area contributed by atoms with Gasteiger partial charge in [-0.05, 0) is 69.7 Å². The number of carbonyl (C=O) groups excluding carboxylic acids is 2. The van der Waals surface area contributed by atoms with E-state index in [4.69, 9.17) is 9.15 Å². The van der Waals surface area contributed by atoms with Gasteiger partial charge in [0.15, 0.2) is 11.5 Å². The number of carbonyl (C=O) groups is 2. The van der Waals surface area contributed by atoms with Gasteiger partial charge in [0.1, 0.15) is 18.1 Å². The zero-order valence-electron chi connectivity index (χ0n) is 19.7. The summed E-state index contributed by atoms with van der Waals surface area (Å²) in [4.78, 5) is 24.2. The number of benzene rings is 2. The molecule has 0 radical (unpaired) electrons. The lowest BCUT2D eigenvalue weighted by Gasteiger charge is -2.07. The predicted octanol–water partition coefficient (Wildman–Crippen LogP) is 5.48. The Bertz CT molecular complexity index is 1330. The monoisotopic (exact) mass is 457 g/mol. The van der Waals surface area contributed by atoms with Crippen molar-refractivity contribution in [2.75, 3.05) is 5.32 Å². The van der Waals surface area contributed by atoms with Gasteiger partial charge in [-0.3, -0.25) is 14.3 Å². The van der Waals surface area contributed by atoms with Crippen molar-refractivity contribution in [2.45, 2.75) is 40.8 Å². The van der Waals surface area contributed by atoms with E-state index in [2.05, 4.69) is 35.5 Å². The van der Waals surface area contributed by atoms with Crippen molar-refractivity contribution in [2.24, 2.45) is 0 Å². The van der Waals surface area contributed by atoms with Gasteiger partial charge in [0, 0.05) is 5.56 Å².